The highest BCUT2D eigenvalue weighted by atomic mass is 16.3. The standard InChI is InChI=1S/C16H20O/c1-4-11-7-8-12(5-2)16-13(6-3)9-14(17)10-15(11)16/h7-10,17H,4-6H2,1-3H3. The molecule has 2 aromatic carbocycles. The first-order valence-corrected chi connectivity index (χ1v) is 6.47. The van der Waals surface area contributed by atoms with E-state index in [1.54, 1.807) is 0 Å². The molecule has 1 nitrogen and oxygen atoms in total. The molecule has 17 heavy (non-hydrogen) atoms. The number of phenolic OH excluding ortho intramolecular Hbond substituents is 1. The fourth-order valence-electron chi connectivity index (χ4n) is 2.57. The number of phenols is 1. The van der Waals surface area contributed by atoms with Crippen LogP contribution in [-0.2, 0) is 19.3 Å². The summed E-state index contributed by atoms with van der Waals surface area (Å²) in [5.74, 6) is 0.386. The molecule has 90 valence electrons. The molecule has 1 N–H and O–H groups in total. The molecule has 0 saturated heterocycles. The van der Waals surface area contributed by atoms with Gasteiger partial charge in [-0.3, -0.25) is 0 Å². The molecular formula is C16H20O. The Morgan fingerprint density at radius 1 is 0.824 bits per heavy atom. The maximum atomic E-state index is 9.83. The fraction of sp³-hybridized carbons (Fsp3) is 0.375. The molecule has 0 aliphatic rings. The second kappa shape index (κ2) is 4.79. The van der Waals surface area contributed by atoms with E-state index in [0.29, 0.717) is 5.75 Å². The number of benzene rings is 2. The Labute approximate surface area is 103 Å². The average Bonchev–Trinajstić information content (AvgIpc) is 2.36. The summed E-state index contributed by atoms with van der Waals surface area (Å²) < 4.78 is 0. The number of fused-ring (bicyclic) bond motifs is 1. The number of rotatable bonds is 3. The minimum Gasteiger partial charge on any atom is -0.508 e. The zero-order chi connectivity index (χ0) is 12.4. The normalized spacial score (nSPS) is 11.0. The second-order valence-corrected chi connectivity index (χ2v) is 4.47. The third kappa shape index (κ3) is 2.02. The molecule has 0 heterocycles. The van der Waals surface area contributed by atoms with Gasteiger partial charge in [-0.1, -0.05) is 32.9 Å². The molecule has 0 aromatic heterocycles. The summed E-state index contributed by atoms with van der Waals surface area (Å²) in [7, 11) is 0. The maximum Gasteiger partial charge on any atom is 0.116 e. The van der Waals surface area contributed by atoms with Gasteiger partial charge in [-0.25, -0.2) is 0 Å². The van der Waals surface area contributed by atoms with Gasteiger partial charge in [-0.15, -0.1) is 0 Å². The van der Waals surface area contributed by atoms with E-state index in [1.807, 2.05) is 12.1 Å². The van der Waals surface area contributed by atoms with Crippen molar-refractivity contribution in [3.05, 3.63) is 41.0 Å². The summed E-state index contributed by atoms with van der Waals surface area (Å²) >= 11 is 0. The van der Waals surface area contributed by atoms with Crippen LogP contribution in [0.1, 0.15) is 37.5 Å². The zero-order valence-electron chi connectivity index (χ0n) is 10.9. The number of aromatic hydroxyl groups is 1. The summed E-state index contributed by atoms with van der Waals surface area (Å²) in [6.45, 7) is 6.50. The van der Waals surface area contributed by atoms with Gasteiger partial charge in [-0.05, 0) is 58.9 Å². The quantitative estimate of drug-likeness (QED) is 0.833. The lowest BCUT2D eigenvalue weighted by atomic mass is 9.92. The first kappa shape index (κ1) is 12.0. The lowest BCUT2D eigenvalue weighted by molar-refractivity contribution is 0.475. The predicted octanol–water partition coefficient (Wildman–Crippen LogP) is 4.23. The van der Waals surface area contributed by atoms with E-state index in [0.717, 1.165) is 19.3 Å². The van der Waals surface area contributed by atoms with Gasteiger partial charge in [0.25, 0.3) is 0 Å². The Kier molecular flexibility index (Phi) is 3.37. The van der Waals surface area contributed by atoms with Crippen LogP contribution in [0.5, 0.6) is 5.75 Å². The van der Waals surface area contributed by atoms with Crippen molar-refractivity contribution in [2.75, 3.05) is 0 Å². The van der Waals surface area contributed by atoms with E-state index in [-0.39, 0.29) is 0 Å². The largest absolute Gasteiger partial charge is 0.508 e. The Morgan fingerprint density at radius 2 is 1.41 bits per heavy atom. The predicted molar refractivity (Wildman–Crippen MR) is 73.7 cm³/mol. The van der Waals surface area contributed by atoms with Crippen LogP contribution in [0.4, 0.5) is 0 Å². The molecule has 2 rings (SSSR count). The summed E-state index contributed by atoms with van der Waals surface area (Å²) in [6, 6.07) is 8.24. The van der Waals surface area contributed by atoms with Crippen LogP contribution in [0.3, 0.4) is 0 Å². The van der Waals surface area contributed by atoms with Gasteiger partial charge in [0.05, 0.1) is 0 Å². The molecule has 0 atom stereocenters. The smallest absolute Gasteiger partial charge is 0.116 e. The highest BCUT2D eigenvalue weighted by molar-refractivity contribution is 5.92. The summed E-state index contributed by atoms with van der Waals surface area (Å²) in [5, 5.41) is 12.4. The van der Waals surface area contributed by atoms with E-state index in [9.17, 15) is 5.11 Å². The fourth-order valence-corrected chi connectivity index (χ4v) is 2.57. The molecule has 1 heteroatoms. The van der Waals surface area contributed by atoms with Crippen molar-refractivity contribution in [2.24, 2.45) is 0 Å². The van der Waals surface area contributed by atoms with Crippen LogP contribution in [0.2, 0.25) is 0 Å². The van der Waals surface area contributed by atoms with Gasteiger partial charge in [0.1, 0.15) is 5.75 Å². The molecule has 0 aliphatic carbocycles. The Morgan fingerprint density at radius 3 is 2.00 bits per heavy atom. The lowest BCUT2D eigenvalue weighted by Crippen LogP contribution is -1.94. The van der Waals surface area contributed by atoms with Gasteiger partial charge in [-0.2, -0.15) is 0 Å². The van der Waals surface area contributed by atoms with Crippen LogP contribution in [0.15, 0.2) is 24.3 Å². The van der Waals surface area contributed by atoms with E-state index in [4.69, 9.17) is 0 Å². The first-order valence-electron chi connectivity index (χ1n) is 6.47. The van der Waals surface area contributed by atoms with Crippen molar-refractivity contribution >= 4 is 10.8 Å². The van der Waals surface area contributed by atoms with Gasteiger partial charge in [0.15, 0.2) is 0 Å². The average molecular weight is 228 g/mol. The molecule has 0 radical (unpaired) electrons. The number of hydrogen-bond acceptors (Lipinski definition) is 1. The minimum atomic E-state index is 0.386. The third-order valence-electron chi connectivity index (χ3n) is 3.50. The molecule has 2 aromatic rings. The molecule has 0 fully saturated rings. The van der Waals surface area contributed by atoms with Gasteiger partial charge in [0, 0.05) is 0 Å². The number of hydrogen-bond donors (Lipinski definition) is 1. The van der Waals surface area contributed by atoms with Crippen molar-refractivity contribution in [2.45, 2.75) is 40.0 Å². The van der Waals surface area contributed by atoms with Crippen LogP contribution >= 0.6 is 0 Å². The minimum absolute atomic E-state index is 0.386. The van der Waals surface area contributed by atoms with Gasteiger partial charge >= 0.3 is 0 Å². The summed E-state index contributed by atoms with van der Waals surface area (Å²) in [6.07, 6.45) is 3.01. The van der Waals surface area contributed by atoms with Crippen LogP contribution < -0.4 is 0 Å². The zero-order valence-corrected chi connectivity index (χ0v) is 10.9. The molecule has 0 bridgehead atoms. The third-order valence-corrected chi connectivity index (χ3v) is 3.50. The second-order valence-electron chi connectivity index (χ2n) is 4.47. The Hall–Kier alpha value is -1.50. The van der Waals surface area contributed by atoms with E-state index >= 15 is 0 Å². The Balaban J connectivity index is 2.89. The first-order chi connectivity index (χ1) is 8.21. The topological polar surface area (TPSA) is 20.2 Å². The van der Waals surface area contributed by atoms with Gasteiger partial charge < -0.3 is 5.11 Å². The van der Waals surface area contributed by atoms with Crippen LogP contribution in [0, 0.1) is 0 Å². The SMILES string of the molecule is CCc1ccc(CC)c2c(CC)cc(O)cc12. The Bertz CT molecular complexity index is 541. The van der Waals surface area contributed by atoms with Crippen molar-refractivity contribution in [1.29, 1.82) is 0 Å². The highest BCUT2D eigenvalue weighted by Gasteiger charge is 2.09. The monoisotopic (exact) mass is 228 g/mol. The van der Waals surface area contributed by atoms with Crippen molar-refractivity contribution in [1.82, 2.24) is 0 Å². The van der Waals surface area contributed by atoms with E-state index in [1.165, 1.54) is 27.5 Å². The highest BCUT2D eigenvalue weighted by Crippen LogP contribution is 2.31. The molecule has 0 aliphatic heterocycles. The van der Waals surface area contributed by atoms with Crippen molar-refractivity contribution < 1.29 is 5.11 Å². The molecule has 0 spiro atoms. The van der Waals surface area contributed by atoms with Crippen molar-refractivity contribution in [3.63, 3.8) is 0 Å². The molecule has 0 unspecified atom stereocenters. The summed E-state index contributed by atoms with van der Waals surface area (Å²) in [4.78, 5) is 0. The van der Waals surface area contributed by atoms with E-state index < -0.39 is 0 Å². The lowest BCUT2D eigenvalue weighted by Gasteiger charge is -2.13. The molecule has 0 saturated carbocycles. The van der Waals surface area contributed by atoms with Crippen LogP contribution in [-0.4, -0.2) is 5.11 Å². The number of aryl methyl sites for hydroxylation is 3. The molecule has 0 amide bonds. The summed E-state index contributed by atoms with van der Waals surface area (Å²) in [5.41, 5.74) is 3.96. The van der Waals surface area contributed by atoms with Gasteiger partial charge in [0.2, 0.25) is 0 Å². The maximum absolute atomic E-state index is 9.83. The van der Waals surface area contributed by atoms with E-state index in [2.05, 4.69) is 32.9 Å². The molecular weight excluding hydrogens is 208 g/mol. The van der Waals surface area contributed by atoms with Crippen LogP contribution in [0.25, 0.3) is 10.8 Å². The van der Waals surface area contributed by atoms with Crippen molar-refractivity contribution in [3.8, 4) is 5.75 Å².